The van der Waals surface area contributed by atoms with Gasteiger partial charge in [0.1, 0.15) is 0 Å². The molecule has 1 aliphatic rings. The van der Waals surface area contributed by atoms with Gasteiger partial charge in [-0.2, -0.15) is 0 Å². The highest BCUT2D eigenvalue weighted by atomic mass is 16.5. The van der Waals surface area contributed by atoms with Crippen LogP contribution in [0.2, 0.25) is 0 Å². The van der Waals surface area contributed by atoms with E-state index >= 15 is 0 Å². The molecule has 1 aliphatic carbocycles. The quantitative estimate of drug-likeness (QED) is 0.873. The van der Waals surface area contributed by atoms with Crippen LogP contribution in [0.1, 0.15) is 25.8 Å². The lowest BCUT2D eigenvalue weighted by atomic mass is 9.83. The fraction of sp³-hybridized carbons (Fsp3) is 0.294. The van der Waals surface area contributed by atoms with Gasteiger partial charge in [-0.05, 0) is 37.1 Å². The molecule has 0 spiro atoms. The Hall–Kier alpha value is -2.40. The van der Waals surface area contributed by atoms with Crippen molar-refractivity contribution in [2.75, 3.05) is 0 Å². The minimum atomic E-state index is -1.66. The van der Waals surface area contributed by atoms with Crippen molar-refractivity contribution in [3.8, 4) is 0 Å². The lowest BCUT2D eigenvalue weighted by Gasteiger charge is -2.32. The molecule has 5 heteroatoms. The van der Waals surface area contributed by atoms with Crippen molar-refractivity contribution >= 4 is 17.5 Å². The van der Waals surface area contributed by atoms with Crippen LogP contribution in [0.5, 0.6) is 0 Å². The first-order valence-electron chi connectivity index (χ1n) is 6.97. The Labute approximate surface area is 128 Å². The van der Waals surface area contributed by atoms with Gasteiger partial charge in [0.15, 0.2) is 5.60 Å². The molecule has 2 rings (SSSR count). The number of hydrogen-bond donors (Lipinski definition) is 2. The van der Waals surface area contributed by atoms with E-state index in [1.54, 1.807) is 13.8 Å². The van der Waals surface area contributed by atoms with Gasteiger partial charge in [-0.25, -0.2) is 9.59 Å². The Bertz CT molecular complexity index is 642. The van der Waals surface area contributed by atoms with Gasteiger partial charge < -0.3 is 14.9 Å². The van der Waals surface area contributed by atoms with Crippen molar-refractivity contribution in [3.05, 3.63) is 53.6 Å². The number of rotatable bonds is 5. The first-order chi connectivity index (χ1) is 10.3. The normalized spacial score (nSPS) is 21.2. The Morgan fingerprint density at radius 3 is 2.32 bits per heavy atom. The van der Waals surface area contributed by atoms with Crippen molar-refractivity contribution in [1.82, 2.24) is 0 Å². The lowest BCUT2D eigenvalue weighted by Crippen LogP contribution is -2.43. The molecule has 0 heterocycles. The third-order valence-electron chi connectivity index (χ3n) is 3.37. The molecule has 1 aromatic rings. The molecular formula is C17H18O5. The maximum Gasteiger partial charge on any atom is 0.340 e. The summed E-state index contributed by atoms with van der Waals surface area (Å²) >= 11 is 0. The van der Waals surface area contributed by atoms with Gasteiger partial charge in [0.25, 0.3) is 0 Å². The second-order valence-electron chi connectivity index (χ2n) is 5.48. The SMILES string of the molecule is CC(C)OC1(C(=O)O)C=C(C(=O)O)C=C(c2ccccc2)C1. The minimum absolute atomic E-state index is 0.0758. The van der Waals surface area contributed by atoms with Crippen molar-refractivity contribution < 1.29 is 24.5 Å². The molecule has 1 unspecified atom stereocenters. The van der Waals surface area contributed by atoms with Crippen LogP contribution in [0.4, 0.5) is 0 Å². The second-order valence-corrected chi connectivity index (χ2v) is 5.48. The topological polar surface area (TPSA) is 83.8 Å². The third kappa shape index (κ3) is 3.26. The highest BCUT2D eigenvalue weighted by Gasteiger charge is 2.42. The maximum absolute atomic E-state index is 11.8. The van der Waals surface area contributed by atoms with Crippen molar-refractivity contribution in [2.24, 2.45) is 0 Å². The molecule has 2 N–H and O–H groups in total. The summed E-state index contributed by atoms with van der Waals surface area (Å²) in [4.78, 5) is 23.1. The molecule has 0 aromatic heterocycles. The van der Waals surface area contributed by atoms with E-state index in [-0.39, 0.29) is 18.1 Å². The minimum Gasteiger partial charge on any atom is -0.479 e. The summed E-state index contributed by atoms with van der Waals surface area (Å²) in [5, 5.41) is 18.9. The molecule has 0 saturated carbocycles. The van der Waals surface area contributed by atoms with Crippen LogP contribution in [0.3, 0.4) is 0 Å². The van der Waals surface area contributed by atoms with Crippen molar-refractivity contribution in [3.63, 3.8) is 0 Å². The van der Waals surface area contributed by atoms with Crippen LogP contribution in [0.15, 0.2) is 48.1 Å². The van der Waals surface area contributed by atoms with Gasteiger partial charge in [-0.15, -0.1) is 0 Å². The number of ether oxygens (including phenoxy) is 1. The molecule has 0 fully saturated rings. The second kappa shape index (κ2) is 6.15. The van der Waals surface area contributed by atoms with E-state index in [2.05, 4.69) is 0 Å². The largest absolute Gasteiger partial charge is 0.479 e. The highest BCUT2D eigenvalue weighted by Crippen LogP contribution is 2.36. The van der Waals surface area contributed by atoms with Crippen LogP contribution in [-0.2, 0) is 14.3 Å². The highest BCUT2D eigenvalue weighted by molar-refractivity contribution is 5.97. The number of carboxylic acid groups (broad SMARTS) is 2. The van der Waals surface area contributed by atoms with Crippen LogP contribution in [0, 0.1) is 0 Å². The summed E-state index contributed by atoms with van der Waals surface area (Å²) in [7, 11) is 0. The zero-order chi connectivity index (χ0) is 16.3. The van der Waals surface area contributed by atoms with E-state index < -0.39 is 17.5 Å². The van der Waals surface area contributed by atoms with Gasteiger partial charge in [0.2, 0.25) is 0 Å². The van der Waals surface area contributed by atoms with Crippen molar-refractivity contribution in [1.29, 1.82) is 0 Å². The van der Waals surface area contributed by atoms with Crippen LogP contribution in [-0.4, -0.2) is 33.9 Å². The number of carbonyl (C=O) groups is 2. The molecule has 0 aliphatic heterocycles. The van der Waals surface area contributed by atoms with Gasteiger partial charge in [-0.1, -0.05) is 30.3 Å². The molecule has 0 radical (unpaired) electrons. The molecule has 0 bridgehead atoms. The van der Waals surface area contributed by atoms with E-state index in [0.29, 0.717) is 5.57 Å². The summed E-state index contributed by atoms with van der Waals surface area (Å²) in [6.07, 6.45) is 2.42. The maximum atomic E-state index is 11.8. The Morgan fingerprint density at radius 2 is 1.82 bits per heavy atom. The smallest absolute Gasteiger partial charge is 0.340 e. The molecule has 22 heavy (non-hydrogen) atoms. The summed E-state index contributed by atoms with van der Waals surface area (Å²) in [5.74, 6) is -2.37. The fourth-order valence-electron chi connectivity index (χ4n) is 2.51. The molecule has 1 aromatic carbocycles. The molecule has 116 valence electrons. The average Bonchev–Trinajstić information content (AvgIpc) is 2.47. The molecule has 0 amide bonds. The predicted molar refractivity (Wildman–Crippen MR) is 81.3 cm³/mol. The predicted octanol–water partition coefficient (Wildman–Crippen LogP) is 2.73. The Balaban J connectivity index is 2.53. The third-order valence-corrected chi connectivity index (χ3v) is 3.37. The number of carboxylic acids is 2. The first-order valence-corrected chi connectivity index (χ1v) is 6.97. The molecule has 5 nitrogen and oxygen atoms in total. The van der Waals surface area contributed by atoms with Gasteiger partial charge >= 0.3 is 11.9 Å². The van der Waals surface area contributed by atoms with E-state index in [9.17, 15) is 19.8 Å². The molecule has 1 atom stereocenters. The standard InChI is InChI=1S/C17H18O5/c1-11(2)22-17(16(20)21)9-13(8-14(10-17)15(18)19)12-6-4-3-5-7-12/h3-8,10-11H,9H2,1-2H3,(H,18,19)(H,20,21). The number of benzene rings is 1. The van der Waals surface area contributed by atoms with Crippen LogP contribution >= 0.6 is 0 Å². The van der Waals surface area contributed by atoms with E-state index in [0.717, 1.165) is 5.56 Å². The van der Waals surface area contributed by atoms with Gasteiger partial charge in [-0.3, -0.25) is 0 Å². The van der Waals surface area contributed by atoms with Crippen molar-refractivity contribution in [2.45, 2.75) is 32.0 Å². The lowest BCUT2D eigenvalue weighted by molar-refractivity contribution is -0.163. The number of hydrogen-bond acceptors (Lipinski definition) is 3. The van der Waals surface area contributed by atoms with Crippen LogP contribution in [0.25, 0.3) is 5.57 Å². The van der Waals surface area contributed by atoms with Gasteiger partial charge in [0, 0.05) is 6.42 Å². The summed E-state index contributed by atoms with van der Waals surface area (Å²) in [6.45, 7) is 3.44. The van der Waals surface area contributed by atoms with E-state index in [4.69, 9.17) is 4.74 Å². The zero-order valence-corrected chi connectivity index (χ0v) is 12.4. The summed E-state index contributed by atoms with van der Waals surface area (Å²) < 4.78 is 5.59. The van der Waals surface area contributed by atoms with E-state index in [1.807, 2.05) is 30.3 Å². The first kappa shape index (κ1) is 16.0. The fourth-order valence-corrected chi connectivity index (χ4v) is 2.51. The van der Waals surface area contributed by atoms with Gasteiger partial charge in [0.05, 0.1) is 11.7 Å². The molecular weight excluding hydrogens is 284 g/mol. The zero-order valence-electron chi connectivity index (χ0n) is 12.4. The summed E-state index contributed by atoms with van der Waals surface area (Å²) in [6, 6.07) is 9.12. The summed E-state index contributed by atoms with van der Waals surface area (Å²) in [5.41, 5.74) is -0.328. The van der Waals surface area contributed by atoms with E-state index in [1.165, 1.54) is 12.2 Å². The Kier molecular flexibility index (Phi) is 4.47. The Morgan fingerprint density at radius 1 is 1.18 bits per heavy atom. The van der Waals surface area contributed by atoms with Crippen LogP contribution < -0.4 is 0 Å². The number of aliphatic carboxylic acids is 2. The average molecular weight is 302 g/mol. The monoisotopic (exact) mass is 302 g/mol. The molecule has 0 saturated heterocycles.